The number of primary amides is 1. The van der Waals surface area contributed by atoms with Crippen LogP contribution in [0.5, 0.6) is 5.75 Å². The van der Waals surface area contributed by atoms with E-state index in [0.29, 0.717) is 17.6 Å². The summed E-state index contributed by atoms with van der Waals surface area (Å²) in [5.41, 5.74) is 8.85. The van der Waals surface area contributed by atoms with E-state index in [2.05, 4.69) is 9.69 Å². The minimum absolute atomic E-state index is 0.0256. The van der Waals surface area contributed by atoms with Gasteiger partial charge in [-0.1, -0.05) is 18.2 Å². The number of hydrogen-bond donors (Lipinski definition) is 4. The molecule has 3 amide bonds. The van der Waals surface area contributed by atoms with E-state index >= 15 is 0 Å². The fourth-order valence-electron chi connectivity index (χ4n) is 3.50. The Morgan fingerprint density at radius 1 is 1.15 bits per heavy atom. The summed E-state index contributed by atoms with van der Waals surface area (Å²) in [6.45, 7) is 0.963. The zero-order chi connectivity index (χ0) is 28.9. The van der Waals surface area contributed by atoms with Crippen molar-refractivity contribution in [3.8, 4) is 5.75 Å². The van der Waals surface area contributed by atoms with Crippen molar-refractivity contribution in [3.05, 3.63) is 70.2 Å². The van der Waals surface area contributed by atoms with Crippen LogP contribution in [0.4, 0.5) is 24.5 Å². The van der Waals surface area contributed by atoms with E-state index in [1.54, 1.807) is 6.92 Å². The molecule has 0 aliphatic heterocycles. The molecule has 0 aliphatic carbocycles. The second-order valence-corrected chi connectivity index (χ2v) is 8.65. The van der Waals surface area contributed by atoms with E-state index in [1.165, 1.54) is 24.3 Å². The van der Waals surface area contributed by atoms with Gasteiger partial charge < -0.3 is 26.6 Å². The van der Waals surface area contributed by atoms with Gasteiger partial charge in [-0.2, -0.15) is 17.5 Å². The van der Waals surface area contributed by atoms with Crippen LogP contribution in [0.25, 0.3) is 0 Å². The molecule has 39 heavy (non-hydrogen) atoms. The number of aromatic nitrogens is 1. The maximum atomic E-state index is 13.9. The van der Waals surface area contributed by atoms with Gasteiger partial charge >= 0.3 is 12.1 Å². The lowest BCUT2D eigenvalue weighted by molar-refractivity contribution is -0.143. The quantitative estimate of drug-likeness (QED) is 0.286. The first kappa shape index (κ1) is 28.9. The van der Waals surface area contributed by atoms with E-state index in [4.69, 9.17) is 16.2 Å². The van der Waals surface area contributed by atoms with Crippen LogP contribution in [0.2, 0.25) is 0 Å². The van der Waals surface area contributed by atoms with Crippen molar-refractivity contribution in [2.24, 2.45) is 5.73 Å². The first-order chi connectivity index (χ1) is 18.3. The molecular formula is C24H22F3N5O6S. The number of halogens is 3. The van der Waals surface area contributed by atoms with E-state index in [0.717, 1.165) is 23.1 Å². The summed E-state index contributed by atoms with van der Waals surface area (Å²) in [4.78, 5) is 51.2. The van der Waals surface area contributed by atoms with Crippen LogP contribution in [0.15, 0.2) is 48.5 Å². The predicted octanol–water partition coefficient (Wildman–Crippen LogP) is 2.62. The summed E-state index contributed by atoms with van der Waals surface area (Å²) in [6, 6.07) is 6.86. The first-order valence-corrected chi connectivity index (χ1v) is 11.9. The lowest BCUT2D eigenvalue weighted by Gasteiger charge is -2.31. The zero-order valence-corrected chi connectivity index (χ0v) is 21.0. The van der Waals surface area contributed by atoms with Crippen LogP contribution in [0.3, 0.4) is 0 Å². The molecule has 3 rings (SSSR count). The standard InChI is InChI=1S/C24H22F3N5O6S/c1-2-38-16(34)11-30-22(36)19(12-6-8-15(33)9-7-12)32(14-5-3-4-13(10-14)24(25,26)27)23(37)20-17(28)18(21(29)35)31-39-20/h3-10,19,33H,2,11,28H2,1H3,(H2,29,35)(H,30,36)/t19-/m1/s1. The molecule has 206 valence electrons. The summed E-state index contributed by atoms with van der Waals surface area (Å²) in [5, 5.41) is 12.0. The van der Waals surface area contributed by atoms with E-state index in [9.17, 15) is 37.5 Å². The number of ether oxygens (including phenoxy) is 1. The number of anilines is 2. The van der Waals surface area contributed by atoms with E-state index in [1.807, 2.05) is 0 Å². The Kier molecular flexibility index (Phi) is 8.75. The summed E-state index contributed by atoms with van der Waals surface area (Å²) in [7, 11) is 0. The second-order valence-electron chi connectivity index (χ2n) is 7.88. The molecule has 0 spiro atoms. The normalized spacial score (nSPS) is 11.9. The Bertz CT molecular complexity index is 1390. The Morgan fingerprint density at radius 3 is 2.38 bits per heavy atom. The number of alkyl halides is 3. The van der Waals surface area contributed by atoms with Gasteiger partial charge in [0.05, 0.1) is 17.9 Å². The van der Waals surface area contributed by atoms with Gasteiger partial charge in [-0.15, -0.1) is 0 Å². The lowest BCUT2D eigenvalue weighted by Crippen LogP contribution is -2.45. The maximum Gasteiger partial charge on any atom is 0.416 e. The molecule has 2 aromatic carbocycles. The van der Waals surface area contributed by atoms with Gasteiger partial charge in [-0.05, 0) is 54.4 Å². The number of esters is 1. The number of nitrogen functional groups attached to an aromatic ring is 1. The highest BCUT2D eigenvalue weighted by atomic mass is 32.1. The van der Waals surface area contributed by atoms with Crippen LogP contribution >= 0.6 is 11.5 Å². The monoisotopic (exact) mass is 565 g/mol. The zero-order valence-electron chi connectivity index (χ0n) is 20.2. The maximum absolute atomic E-state index is 13.9. The highest BCUT2D eigenvalue weighted by Crippen LogP contribution is 2.37. The molecule has 0 saturated carbocycles. The molecular weight excluding hydrogens is 543 g/mol. The number of aromatic hydroxyl groups is 1. The van der Waals surface area contributed by atoms with Gasteiger partial charge in [0, 0.05) is 5.69 Å². The molecule has 0 radical (unpaired) electrons. The molecule has 6 N–H and O–H groups in total. The molecule has 3 aromatic rings. The highest BCUT2D eigenvalue weighted by Gasteiger charge is 2.38. The molecule has 0 unspecified atom stereocenters. The van der Waals surface area contributed by atoms with Gasteiger partial charge in [-0.25, -0.2) is 0 Å². The predicted molar refractivity (Wildman–Crippen MR) is 134 cm³/mol. The topological polar surface area (TPSA) is 178 Å². The van der Waals surface area contributed by atoms with E-state index < -0.39 is 59.4 Å². The number of rotatable bonds is 9. The minimum atomic E-state index is -4.80. The molecule has 1 heterocycles. The third-order valence-corrected chi connectivity index (χ3v) is 6.10. The van der Waals surface area contributed by atoms with Gasteiger partial charge in [-0.3, -0.25) is 24.1 Å². The van der Waals surface area contributed by atoms with Crippen LogP contribution < -0.4 is 21.7 Å². The molecule has 1 atom stereocenters. The fraction of sp³-hybridized carbons (Fsp3) is 0.208. The number of benzene rings is 2. The van der Waals surface area contributed by atoms with E-state index in [-0.39, 0.29) is 28.5 Å². The summed E-state index contributed by atoms with van der Waals surface area (Å²) >= 11 is 0.462. The number of nitrogens with zero attached hydrogens (tertiary/aromatic N) is 2. The summed E-state index contributed by atoms with van der Waals surface area (Å²) < 4.78 is 49.3. The van der Waals surface area contributed by atoms with Crippen molar-refractivity contribution in [3.63, 3.8) is 0 Å². The largest absolute Gasteiger partial charge is 0.508 e. The molecule has 15 heteroatoms. The number of carbonyl (C=O) groups is 4. The van der Waals surface area contributed by atoms with Crippen molar-refractivity contribution in [2.75, 3.05) is 23.8 Å². The Balaban J connectivity index is 2.22. The van der Waals surface area contributed by atoms with Gasteiger partial charge in [0.2, 0.25) is 5.91 Å². The van der Waals surface area contributed by atoms with Crippen LogP contribution in [0, 0.1) is 0 Å². The average molecular weight is 566 g/mol. The highest BCUT2D eigenvalue weighted by molar-refractivity contribution is 7.09. The summed E-state index contributed by atoms with van der Waals surface area (Å²) in [6.07, 6.45) is -4.80. The molecule has 1 aromatic heterocycles. The van der Waals surface area contributed by atoms with Crippen molar-refractivity contribution < 1.29 is 42.2 Å². The van der Waals surface area contributed by atoms with Crippen LogP contribution in [0.1, 0.15) is 44.3 Å². The molecule has 11 nitrogen and oxygen atoms in total. The van der Waals surface area contributed by atoms with Crippen LogP contribution in [-0.4, -0.2) is 46.3 Å². The Hall–Kier alpha value is -4.66. The average Bonchev–Trinajstić information content (AvgIpc) is 3.27. The molecule has 0 saturated heterocycles. The molecule has 0 aliphatic rings. The summed E-state index contributed by atoms with van der Waals surface area (Å²) in [5.74, 6) is -4.10. The van der Waals surface area contributed by atoms with Crippen molar-refractivity contribution in [2.45, 2.75) is 19.1 Å². The van der Waals surface area contributed by atoms with Crippen molar-refractivity contribution in [1.82, 2.24) is 9.69 Å². The number of nitrogens with one attached hydrogen (secondary N) is 1. The minimum Gasteiger partial charge on any atom is -0.508 e. The smallest absolute Gasteiger partial charge is 0.416 e. The first-order valence-electron chi connectivity index (χ1n) is 11.1. The van der Waals surface area contributed by atoms with Crippen molar-refractivity contribution >= 4 is 46.6 Å². The Morgan fingerprint density at radius 2 is 1.82 bits per heavy atom. The third-order valence-electron chi connectivity index (χ3n) is 5.25. The van der Waals surface area contributed by atoms with Gasteiger partial charge in [0.25, 0.3) is 11.8 Å². The molecule has 0 fully saturated rings. The number of nitrogens with two attached hydrogens (primary N) is 2. The number of phenolic OH excluding ortho intramolecular Hbond substituents is 1. The second kappa shape index (κ2) is 11.8. The number of phenols is 1. The fourth-order valence-corrected chi connectivity index (χ4v) is 4.24. The number of hydrogen-bond acceptors (Lipinski definition) is 9. The van der Waals surface area contributed by atoms with Crippen molar-refractivity contribution in [1.29, 1.82) is 0 Å². The number of amides is 3. The lowest BCUT2D eigenvalue weighted by atomic mass is 10.0. The SMILES string of the molecule is CCOC(=O)CNC(=O)[C@@H](c1ccc(O)cc1)N(C(=O)c1snc(C(N)=O)c1N)c1cccc(C(F)(F)F)c1. The molecule has 0 bridgehead atoms. The third kappa shape index (κ3) is 6.62. The van der Waals surface area contributed by atoms with Crippen LogP contribution in [-0.2, 0) is 20.5 Å². The number of carbonyl (C=O) groups excluding carboxylic acids is 4. The van der Waals surface area contributed by atoms with Gasteiger partial charge in [0.15, 0.2) is 5.69 Å². The van der Waals surface area contributed by atoms with Gasteiger partial charge in [0.1, 0.15) is 23.2 Å². The Labute approximate surface area is 223 Å².